The summed E-state index contributed by atoms with van der Waals surface area (Å²) in [5.74, 6) is 0. The first kappa shape index (κ1) is 6.54. The van der Waals surface area contributed by atoms with E-state index >= 15 is 0 Å². The van der Waals surface area contributed by atoms with Crippen LogP contribution in [-0.4, -0.2) is 36.3 Å². The molecule has 0 unspecified atom stereocenters. The number of rotatable bonds is 0. The molecule has 2 aliphatic heterocycles. The van der Waals surface area contributed by atoms with Crippen LogP contribution in [0.1, 0.15) is 6.42 Å². The molecule has 2 aliphatic rings. The van der Waals surface area contributed by atoms with Gasteiger partial charge in [-0.05, 0) is 0 Å². The minimum absolute atomic E-state index is 0.299. The van der Waals surface area contributed by atoms with Gasteiger partial charge in [0.25, 0.3) is 0 Å². The molecule has 2 heterocycles. The zero-order chi connectivity index (χ0) is 7.19. The number of nitrogens with two attached hydrogens (primary N) is 1. The highest BCUT2D eigenvalue weighted by atomic mass is 16.6. The van der Waals surface area contributed by atoms with Crippen molar-refractivity contribution in [1.29, 1.82) is 0 Å². The summed E-state index contributed by atoms with van der Waals surface area (Å²) < 4.78 is 10.4. The van der Waals surface area contributed by atoms with Crippen LogP contribution in [0.5, 0.6) is 0 Å². The Kier molecular flexibility index (Phi) is 1.25. The predicted molar refractivity (Wildman–Crippen MR) is 33.2 cm³/mol. The summed E-state index contributed by atoms with van der Waals surface area (Å²) >= 11 is 0. The van der Waals surface area contributed by atoms with E-state index in [4.69, 9.17) is 15.2 Å². The minimum atomic E-state index is -0.695. The topological polar surface area (TPSA) is 64.7 Å². The molecule has 3 N–H and O–H groups in total. The number of aliphatic hydroxyl groups is 1. The first-order chi connectivity index (χ1) is 4.72. The second-order valence-corrected chi connectivity index (χ2v) is 2.87. The number of ether oxygens (including phenoxy) is 2. The molecule has 58 valence electrons. The van der Waals surface area contributed by atoms with Crippen molar-refractivity contribution >= 4 is 0 Å². The van der Waals surface area contributed by atoms with Crippen LogP contribution in [-0.2, 0) is 9.47 Å². The molecule has 10 heavy (non-hydrogen) atoms. The average molecular weight is 145 g/mol. The monoisotopic (exact) mass is 145 g/mol. The molecule has 0 bridgehead atoms. The van der Waals surface area contributed by atoms with Crippen LogP contribution in [0.4, 0.5) is 0 Å². The zero-order valence-electron chi connectivity index (χ0n) is 5.62. The molecule has 0 aliphatic carbocycles. The van der Waals surface area contributed by atoms with E-state index in [9.17, 15) is 5.11 Å². The lowest BCUT2D eigenvalue weighted by Crippen LogP contribution is -2.47. The van der Waals surface area contributed by atoms with Gasteiger partial charge in [-0.3, -0.25) is 0 Å². The van der Waals surface area contributed by atoms with Crippen molar-refractivity contribution in [2.75, 3.05) is 13.2 Å². The molecule has 3 atom stereocenters. The molecular weight excluding hydrogens is 134 g/mol. The van der Waals surface area contributed by atoms with Gasteiger partial charge in [0.2, 0.25) is 0 Å². The van der Waals surface area contributed by atoms with Crippen molar-refractivity contribution in [2.45, 2.75) is 24.4 Å². The lowest BCUT2D eigenvalue weighted by Gasteiger charge is -2.20. The zero-order valence-corrected chi connectivity index (χ0v) is 5.62. The van der Waals surface area contributed by atoms with E-state index in [1.54, 1.807) is 0 Å². The third-order valence-electron chi connectivity index (χ3n) is 2.14. The molecule has 0 spiro atoms. The number of hydrogen-bond acceptors (Lipinski definition) is 4. The van der Waals surface area contributed by atoms with Gasteiger partial charge in [0.05, 0.1) is 13.2 Å². The Balaban J connectivity index is 2.19. The first-order valence-corrected chi connectivity index (χ1v) is 3.45. The van der Waals surface area contributed by atoms with E-state index in [1.165, 1.54) is 0 Å². The first-order valence-electron chi connectivity index (χ1n) is 3.45. The summed E-state index contributed by atoms with van der Waals surface area (Å²) in [6, 6.07) is 0. The molecule has 2 rings (SSSR count). The number of fused-ring (bicyclic) bond motifs is 1. The van der Waals surface area contributed by atoms with Crippen molar-refractivity contribution in [3.63, 3.8) is 0 Å². The van der Waals surface area contributed by atoms with E-state index in [0.29, 0.717) is 19.6 Å². The average Bonchev–Trinajstić information content (AvgIpc) is 2.35. The largest absolute Gasteiger partial charge is 0.388 e. The molecule has 0 radical (unpaired) electrons. The Bertz CT molecular complexity index is 152. The Morgan fingerprint density at radius 3 is 3.10 bits per heavy atom. The third-order valence-corrected chi connectivity index (χ3v) is 2.14. The second-order valence-electron chi connectivity index (χ2n) is 2.87. The Morgan fingerprint density at radius 1 is 1.60 bits per heavy atom. The molecule has 0 aromatic heterocycles. The molecule has 4 nitrogen and oxygen atoms in total. The van der Waals surface area contributed by atoms with Gasteiger partial charge in [0.15, 0.2) is 0 Å². The summed E-state index contributed by atoms with van der Waals surface area (Å²) in [5, 5.41) is 9.23. The van der Waals surface area contributed by atoms with E-state index in [1.807, 2.05) is 0 Å². The van der Waals surface area contributed by atoms with Gasteiger partial charge in [-0.25, -0.2) is 0 Å². The number of aliphatic hydroxyl groups excluding tert-OH is 1. The summed E-state index contributed by atoms with van der Waals surface area (Å²) in [4.78, 5) is 0. The van der Waals surface area contributed by atoms with Crippen molar-refractivity contribution in [2.24, 2.45) is 5.73 Å². The maximum Gasteiger partial charge on any atom is 0.148 e. The highest BCUT2D eigenvalue weighted by molar-refractivity contribution is 4.97. The molecule has 2 saturated heterocycles. The second kappa shape index (κ2) is 1.92. The third kappa shape index (κ3) is 0.703. The van der Waals surface area contributed by atoms with Crippen LogP contribution >= 0.6 is 0 Å². The molecule has 0 aromatic carbocycles. The van der Waals surface area contributed by atoms with Gasteiger partial charge in [0, 0.05) is 6.42 Å². The SMILES string of the molecule is N[C@@]12CCO[C@@H]1[C@H](O)CO2. The van der Waals surface area contributed by atoms with Gasteiger partial charge >= 0.3 is 0 Å². The molecule has 0 amide bonds. The number of hydrogen-bond donors (Lipinski definition) is 2. The van der Waals surface area contributed by atoms with E-state index in [2.05, 4.69) is 0 Å². The van der Waals surface area contributed by atoms with E-state index < -0.39 is 11.8 Å². The molecule has 0 saturated carbocycles. The summed E-state index contributed by atoms with van der Waals surface area (Å²) in [5.41, 5.74) is 5.05. The molecule has 0 aromatic rings. The van der Waals surface area contributed by atoms with Crippen LogP contribution in [0.3, 0.4) is 0 Å². The van der Waals surface area contributed by atoms with Crippen LogP contribution in [0, 0.1) is 0 Å². The minimum Gasteiger partial charge on any atom is -0.388 e. The molecule has 2 fully saturated rings. The van der Waals surface area contributed by atoms with Crippen LogP contribution in [0.2, 0.25) is 0 Å². The van der Waals surface area contributed by atoms with E-state index in [-0.39, 0.29) is 6.10 Å². The maximum atomic E-state index is 9.23. The maximum absolute atomic E-state index is 9.23. The van der Waals surface area contributed by atoms with Crippen molar-refractivity contribution in [3.05, 3.63) is 0 Å². The lowest BCUT2D eigenvalue weighted by molar-refractivity contribution is -0.0226. The van der Waals surface area contributed by atoms with E-state index in [0.717, 1.165) is 0 Å². The van der Waals surface area contributed by atoms with Crippen molar-refractivity contribution in [3.8, 4) is 0 Å². The van der Waals surface area contributed by atoms with Gasteiger partial charge in [-0.1, -0.05) is 0 Å². The van der Waals surface area contributed by atoms with Crippen LogP contribution in [0.15, 0.2) is 0 Å². The Hall–Kier alpha value is -0.160. The Labute approximate surface area is 58.9 Å². The van der Waals surface area contributed by atoms with Crippen molar-refractivity contribution in [1.82, 2.24) is 0 Å². The summed E-state index contributed by atoms with van der Waals surface area (Å²) in [7, 11) is 0. The summed E-state index contributed by atoms with van der Waals surface area (Å²) in [6.07, 6.45) is -0.144. The van der Waals surface area contributed by atoms with Gasteiger partial charge in [0.1, 0.15) is 17.9 Å². The van der Waals surface area contributed by atoms with Crippen molar-refractivity contribution < 1.29 is 14.6 Å². The fraction of sp³-hybridized carbons (Fsp3) is 1.00. The molecule has 4 heteroatoms. The highest BCUT2D eigenvalue weighted by Crippen LogP contribution is 2.32. The van der Waals surface area contributed by atoms with Crippen LogP contribution < -0.4 is 5.73 Å². The highest BCUT2D eigenvalue weighted by Gasteiger charge is 2.51. The smallest absolute Gasteiger partial charge is 0.148 e. The standard InChI is InChI=1S/C6H11NO3/c7-6-1-2-9-5(6)4(8)3-10-6/h4-5,8H,1-3,7H2/t4-,5-,6-/m1/s1. The van der Waals surface area contributed by atoms with Gasteiger partial charge < -0.3 is 20.3 Å². The molecular formula is C6H11NO3. The lowest BCUT2D eigenvalue weighted by atomic mass is 10.1. The Morgan fingerprint density at radius 2 is 2.40 bits per heavy atom. The summed E-state index contributed by atoms with van der Waals surface area (Å²) in [6.45, 7) is 0.902. The quantitative estimate of drug-likeness (QED) is 0.450. The van der Waals surface area contributed by atoms with Crippen LogP contribution in [0.25, 0.3) is 0 Å². The fourth-order valence-electron chi connectivity index (χ4n) is 1.55. The van der Waals surface area contributed by atoms with Gasteiger partial charge in [-0.2, -0.15) is 0 Å². The normalized spacial score (nSPS) is 53.4. The fourth-order valence-corrected chi connectivity index (χ4v) is 1.55. The van der Waals surface area contributed by atoms with Gasteiger partial charge in [-0.15, -0.1) is 0 Å². The predicted octanol–water partition coefficient (Wildman–Crippen LogP) is -1.18.